The molecule has 0 unspecified atom stereocenters. The Bertz CT molecular complexity index is 718. The van der Waals surface area contributed by atoms with Crippen LogP contribution in [0, 0.1) is 0 Å². The summed E-state index contributed by atoms with van der Waals surface area (Å²) in [6.07, 6.45) is 0. The molecule has 2 aromatic carbocycles. The topological polar surface area (TPSA) is 81.4 Å². The van der Waals surface area contributed by atoms with E-state index in [1.54, 1.807) is 30.3 Å². The second kappa shape index (κ2) is 7.65. The largest absolute Gasteiger partial charge is 0.484 e. The SMILES string of the molecule is C[C@H](NC(=O)COc1cccc(C(N)=O)c1)c1cccc(Cl)c1. The number of carbonyl (C=O) groups is 2. The smallest absolute Gasteiger partial charge is 0.258 e. The Morgan fingerprint density at radius 3 is 2.65 bits per heavy atom. The van der Waals surface area contributed by atoms with E-state index in [1.165, 1.54) is 6.07 Å². The molecule has 0 aliphatic rings. The van der Waals surface area contributed by atoms with Gasteiger partial charge in [0.25, 0.3) is 5.91 Å². The Hall–Kier alpha value is -2.53. The number of nitrogens with two attached hydrogens (primary N) is 1. The molecule has 0 radical (unpaired) electrons. The first kappa shape index (κ1) is 16.8. The van der Waals surface area contributed by atoms with Gasteiger partial charge >= 0.3 is 0 Å². The molecule has 2 aromatic rings. The highest BCUT2D eigenvalue weighted by atomic mass is 35.5. The maximum absolute atomic E-state index is 11.9. The van der Waals surface area contributed by atoms with Crippen molar-refractivity contribution in [2.75, 3.05) is 6.61 Å². The van der Waals surface area contributed by atoms with Crippen molar-refractivity contribution in [2.45, 2.75) is 13.0 Å². The van der Waals surface area contributed by atoms with E-state index in [-0.39, 0.29) is 18.6 Å². The molecule has 0 aromatic heterocycles. The Balaban J connectivity index is 1.90. The quantitative estimate of drug-likeness (QED) is 0.853. The predicted molar refractivity (Wildman–Crippen MR) is 88.5 cm³/mol. The molecule has 3 N–H and O–H groups in total. The van der Waals surface area contributed by atoms with Gasteiger partial charge in [-0.15, -0.1) is 0 Å². The molecule has 0 fully saturated rings. The van der Waals surface area contributed by atoms with E-state index in [4.69, 9.17) is 22.1 Å². The Kier molecular flexibility index (Phi) is 5.60. The number of hydrogen-bond donors (Lipinski definition) is 2. The molecule has 2 rings (SSSR count). The highest BCUT2D eigenvalue weighted by Crippen LogP contribution is 2.17. The summed E-state index contributed by atoms with van der Waals surface area (Å²) >= 11 is 5.93. The second-order valence-electron chi connectivity index (χ2n) is 5.02. The van der Waals surface area contributed by atoms with Gasteiger partial charge in [0, 0.05) is 10.6 Å². The van der Waals surface area contributed by atoms with Crippen LogP contribution in [-0.4, -0.2) is 18.4 Å². The number of carbonyl (C=O) groups excluding carboxylic acids is 2. The third-order valence-corrected chi connectivity index (χ3v) is 3.45. The van der Waals surface area contributed by atoms with Gasteiger partial charge < -0.3 is 15.8 Å². The molecule has 0 bridgehead atoms. The van der Waals surface area contributed by atoms with Gasteiger partial charge in [-0.25, -0.2) is 0 Å². The van der Waals surface area contributed by atoms with Gasteiger partial charge in [-0.05, 0) is 42.8 Å². The third kappa shape index (κ3) is 5.00. The summed E-state index contributed by atoms with van der Waals surface area (Å²) in [6.45, 7) is 1.70. The fourth-order valence-corrected chi connectivity index (χ4v) is 2.23. The number of hydrogen-bond acceptors (Lipinski definition) is 3. The second-order valence-corrected chi connectivity index (χ2v) is 5.46. The lowest BCUT2D eigenvalue weighted by molar-refractivity contribution is -0.123. The van der Waals surface area contributed by atoms with Crippen LogP contribution >= 0.6 is 11.6 Å². The molecule has 5 nitrogen and oxygen atoms in total. The maximum Gasteiger partial charge on any atom is 0.258 e. The lowest BCUT2D eigenvalue weighted by atomic mass is 10.1. The van der Waals surface area contributed by atoms with Crippen LogP contribution in [0.5, 0.6) is 5.75 Å². The number of amides is 2. The monoisotopic (exact) mass is 332 g/mol. The average molecular weight is 333 g/mol. The van der Waals surface area contributed by atoms with Crippen molar-refractivity contribution in [3.63, 3.8) is 0 Å². The molecule has 2 amide bonds. The van der Waals surface area contributed by atoms with E-state index in [1.807, 2.05) is 19.1 Å². The van der Waals surface area contributed by atoms with Crippen molar-refractivity contribution >= 4 is 23.4 Å². The number of nitrogens with one attached hydrogen (secondary N) is 1. The van der Waals surface area contributed by atoms with E-state index in [2.05, 4.69) is 5.32 Å². The van der Waals surface area contributed by atoms with Crippen LogP contribution in [0.2, 0.25) is 5.02 Å². The van der Waals surface area contributed by atoms with Gasteiger partial charge in [0.2, 0.25) is 5.91 Å². The van der Waals surface area contributed by atoms with E-state index in [0.29, 0.717) is 16.3 Å². The third-order valence-electron chi connectivity index (χ3n) is 3.21. The number of primary amides is 1. The summed E-state index contributed by atoms with van der Waals surface area (Å²) in [6, 6.07) is 13.5. The van der Waals surface area contributed by atoms with Crippen LogP contribution in [0.25, 0.3) is 0 Å². The summed E-state index contributed by atoms with van der Waals surface area (Å²) in [4.78, 5) is 23.0. The molecule has 120 valence electrons. The zero-order valence-corrected chi connectivity index (χ0v) is 13.3. The highest BCUT2D eigenvalue weighted by Gasteiger charge is 2.11. The van der Waals surface area contributed by atoms with Crippen LogP contribution in [0.4, 0.5) is 0 Å². The van der Waals surface area contributed by atoms with Crippen LogP contribution in [-0.2, 0) is 4.79 Å². The molecule has 0 aliphatic heterocycles. The fraction of sp³-hybridized carbons (Fsp3) is 0.176. The minimum Gasteiger partial charge on any atom is -0.484 e. The molecule has 0 heterocycles. The van der Waals surface area contributed by atoms with Gasteiger partial charge in [-0.3, -0.25) is 9.59 Å². The van der Waals surface area contributed by atoms with Gasteiger partial charge in [0.05, 0.1) is 6.04 Å². The summed E-state index contributed by atoms with van der Waals surface area (Å²) in [5.74, 6) is -0.414. The zero-order chi connectivity index (χ0) is 16.8. The highest BCUT2D eigenvalue weighted by molar-refractivity contribution is 6.30. The summed E-state index contributed by atoms with van der Waals surface area (Å²) in [5, 5.41) is 3.43. The minimum absolute atomic E-state index is 0.160. The van der Waals surface area contributed by atoms with Gasteiger partial charge in [0.1, 0.15) is 5.75 Å². The van der Waals surface area contributed by atoms with Gasteiger partial charge in [0.15, 0.2) is 6.61 Å². The Morgan fingerprint density at radius 1 is 1.22 bits per heavy atom. The van der Waals surface area contributed by atoms with E-state index < -0.39 is 5.91 Å². The Morgan fingerprint density at radius 2 is 1.96 bits per heavy atom. The normalized spacial score (nSPS) is 11.6. The maximum atomic E-state index is 11.9. The lowest BCUT2D eigenvalue weighted by Crippen LogP contribution is -2.31. The molecular formula is C17H17ClN2O3. The Labute approximate surface area is 139 Å². The molecule has 0 saturated carbocycles. The van der Waals surface area contributed by atoms with Crippen molar-refractivity contribution in [3.8, 4) is 5.75 Å². The molecule has 23 heavy (non-hydrogen) atoms. The lowest BCUT2D eigenvalue weighted by Gasteiger charge is -2.15. The van der Waals surface area contributed by atoms with Crippen LogP contribution in [0.3, 0.4) is 0 Å². The summed E-state index contributed by atoms with van der Waals surface area (Å²) in [5.41, 5.74) is 6.43. The fourth-order valence-electron chi connectivity index (χ4n) is 2.03. The molecule has 1 atom stereocenters. The van der Waals surface area contributed by atoms with Crippen molar-refractivity contribution in [2.24, 2.45) is 5.73 Å². The molecular weight excluding hydrogens is 316 g/mol. The average Bonchev–Trinajstić information content (AvgIpc) is 2.53. The standard InChI is InChI=1S/C17H17ClN2O3/c1-11(12-4-2-6-14(18)8-12)20-16(21)10-23-15-7-3-5-13(9-15)17(19)22/h2-9,11H,10H2,1H3,(H2,19,22)(H,20,21)/t11-/m0/s1. The van der Waals surface area contributed by atoms with Crippen molar-refractivity contribution < 1.29 is 14.3 Å². The number of halogens is 1. The van der Waals surface area contributed by atoms with Gasteiger partial charge in [-0.2, -0.15) is 0 Å². The predicted octanol–water partition coefficient (Wildman–Crippen LogP) is 2.70. The molecule has 6 heteroatoms. The van der Waals surface area contributed by atoms with Crippen molar-refractivity contribution in [3.05, 3.63) is 64.7 Å². The van der Waals surface area contributed by atoms with Gasteiger partial charge in [-0.1, -0.05) is 29.8 Å². The molecule has 0 aliphatic carbocycles. The van der Waals surface area contributed by atoms with Crippen molar-refractivity contribution in [1.82, 2.24) is 5.32 Å². The van der Waals surface area contributed by atoms with Crippen molar-refractivity contribution in [1.29, 1.82) is 0 Å². The minimum atomic E-state index is -0.547. The van der Waals surface area contributed by atoms with E-state index >= 15 is 0 Å². The van der Waals surface area contributed by atoms with Crippen LogP contribution in [0.1, 0.15) is 28.9 Å². The number of ether oxygens (including phenoxy) is 1. The first-order chi connectivity index (χ1) is 11.0. The molecule has 0 spiro atoms. The van der Waals surface area contributed by atoms with Crippen LogP contribution < -0.4 is 15.8 Å². The summed E-state index contributed by atoms with van der Waals surface area (Å²) in [7, 11) is 0. The van der Waals surface area contributed by atoms with Crippen LogP contribution in [0.15, 0.2) is 48.5 Å². The molecule has 0 saturated heterocycles. The van der Waals surface area contributed by atoms with E-state index in [0.717, 1.165) is 5.56 Å². The first-order valence-electron chi connectivity index (χ1n) is 7.03. The summed E-state index contributed by atoms with van der Waals surface area (Å²) < 4.78 is 5.37. The van der Waals surface area contributed by atoms with E-state index in [9.17, 15) is 9.59 Å². The number of rotatable bonds is 6. The number of benzene rings is 2. The first-order valence-corrected chi connectivity index (χ1v) is 7.41. The zero-order valence-electron chi connectivity index (χ0n) is 12.6.